The Morgan fingerprint density at radius 2 is 0.870 bits per heavy atom. The molecule has 0 atom stereocenters. The molecule has 0 fully saturated rings. The maximum atomic E-state index is 8.52. The second-order valence-corrected chi connectivity index (χ2v) is 16.0. The molecule has 0 unspecified atom stereocenters. The largest absolute Gasteiger partial charge is 0.497 e. The predicted molar refractivity (Wildman–Crippen MR) is 236 cm³/mol. The van der Waals surface area contributed by atoms with Crippen molar-refractivity contribution in [2.75, 3.05) is 7.11 Å². The van der Waals surface area contributed by atoms with Crippen molar-refractivity contribution >= 4 is 11.6 Å². The molecule has 0 radical (unpaired) electrons. The summed E-state index contributed by atoms with van der Waals surface area (Å²) in [5.41, 5.74) is 9.96. The molecule has 0 aliphatic heterocycles. The van der Waals surface area contributed by atoms with E-state index in [0.717, 1.165) is 21.9 Å². The molecule has 5 rings (SSSR count). The third-order valence-electron chi connectivity index (χ3n) is 8.69. The molecule has 0 spiro atoms. The first-order valence-corrected chi connectivity index (χ1v) is 19.3. The minimum atomic E-state index is 0.228. The molecule has 0 bridgehead atoms. The van der Waals surface area contributed by atoms with Gasteiger partial charge in [-0.2, -0.15) is 5.26 Å². The molecule has 54 heavy (non-hydrogen) atoms. The van der Waals surface area contributed by atoms with Crippen LogP contribution in [0.5, 0.6) is 5.75 Å². The molecular weight excluding hydrogens is 678 g/mol. The maximum absolute atomic E-state index is 8.52. The van der Waals surface area contributed by atoms with Crippen LogP contribution in [-0.4, -0.2) is 7.11 Å². The number of nitrogens with zero attached hydrogens (tertiary/aromatic N) is 1. The van der Waals surface area contributed by atoms with E-state index in [1.165, 1.54) is 33.4 Å². The van der Waals surface area contributed by atoms with Crippen molar-refractivity contribution in [1.82, 2.24) is 0 Å². The Morgan fingerprint density at radius 3 is 1.17 bits per heavy atom. The average molecular weight is 743 g/mol. The van der Waals surface area contributed by atoms with Gasteiger partial charge in [0.2, 0.25) is 0 Å². The molecule has 0 N–H and O–H groups in total. The first-order chi connectivity index (χ1) is 25.4. The van der Waals surface area contributed by atoms with Crippen LogP contribution >= 0.6 is 11.6 Å². The summed E-state index contributed by atoms with van der Waals surface area (Å²) in [5.74, 6) is 5.89. The van der Waals surface area contributed by atoms with Crippen molar-refractivity contribution < 1.29 is 4.74 Å². The van der Waals surface area contributed by atoms with Crippen LogP contribution in [0.15, 0.2) is 121 Å². The molecule has 0 saturated carbocycles. The van der Waals surface area contributed by atoms with E-state index >= 15 is 0 Å². The van der Waals surface area contributed by atoms with E-state index in [1.807, 2.05) is 60.7 Å². The summed E-state index contributed by atoms with van der Waals surface area (Å²) < 4.78 is 5.08. The molecule has 0 aliphatic rings. The first-order valence-electron chi connectivity index (χ1n) is 18.9. The topological polar surface area (TPSA) is 33.0 Å². The standard InChI is InChI=1S/C11H16O.C11H12.C10H11N.C10H14.C9H11Cl/c1-11(2,3)9-5-7-10(12-4)8-6-9;1-4-10-5-7-11(8-6-10)9(2)3;1-8(2)10-5-3-9(7-11)4-6-10;1-8(2)10-6-4-9(3)5-7-10;1-7(2)8-3-5-9(10)6-4-8/h5-8H,1-4H3;1,5-9H,2-3H3;3-6,8H,1-2H3;4-8H,1-3H3;3-7H,1-2H3. The molecule has 2 nitrogen and oxygen atoms in total. The summed E-state index contributed by atoms with van der Waals surface area (Å²) in [7, 11) is 1.69. The van der Waals surface area contributed by atoms with Crippen molar-refractivity contribution in [2.24, 2.45) is 0 Å². The van der Waals surface area contributed by atoms with Gasteiger partial charge in [0.25, 0.3) is 0 Å². The summed E-state index contributed by atoms with van der Waals surface area (Å²) >= 11 is 5.72. The fourth-order valence-electron chi connectivity index (χ4n) is 4.80. The number of rotatable bonds is 5. The number of benzene rings is 5. The van der Waals surface area contributed by atoms with Crippen LogP contribution in [0.2, 0.25) is 5.02 Å². The number of methoxy groups -OCH3 is 1. The van der Waals surface area contributed by atoms with Gasteiger partial charge in [-0.1, -0.05) is 172 Å². The minimum Gasteiger partial charge on any atom is -0.497 e. The van der Waals surface area contributed by atoms with Gasteiger partial charge in [-0.25, -0.2) is 0 Å². The van der Waals surface area contributed by atoms with Gasteiger partial charge in [-0.15, -0.1) is 6.42 Å². The lowest BCUT2D eigenvalue weighted by Gasteiger charge is -2.18. The Hall–Kier alpha value is -4.76. The zero-order valence-corrected chi connectivity index (χ0v) is 35.9. The SMILES string of the molecule is C#Cc1ccc(C(C)C)cc1.CC(C)c1ccc(C#N)cc1.CC(C)c1ccc(Cl)cc1.COc1ccc(C(C)(C)C)cc1.Cc1ccc(C(C)C)cc1. The molecule has 3 heteroatoms. The van der Waals surface area contributed by atoms with Crippen molar-refractivity contribution in [3.05, 3.63) is 171 Å². The van der Waals surface area contributed by atoms with Gasteiger partial charge in [0, 0.05) is 10.6 Å². The number of halogens is 1. The number of hydrogen-bond acceptors (Lipinski definition) is 2. The number of ether oxygens (including phenoxy) is 1. The van der Waals surface area contributed by atoms with Gasteiger partial charge in [0.15, 0.2) is 0 Å². The van der Waals surface area contributed by atoms with Crippen LogP contribution in [0, 0.1) is 30.6 Å². The summed E-state index contributed by atoms with van der Waals surface area (Å²) in [6, 6.07) is 42.9. The van der Waals surface area contributed by atoms with Crippen LogP contribution in [0.1, 0.15) is 144 Å². The van der Waals surface area contributed by atoms with Gasteiger partial charge in [0.1, 0.15) is 5.75 Å². The molecule has 0 aromatic heterocycles. The van der Waals surface area contributed by atoms with Crippen LogP contribution < -0.4 is 4.74 Å². The highest BCUT2D eigenvalue weighted by molar-refractivity contribution is 6.30. The number of aryl methyl sites for hydroxylation is 1. The van der Waals surface area contributed by atoms with E-state index in [2.05, 4.69) is 156 Å². The zero-order valence-electron chi connectivity index (χ0n) is 35.2. The minimum absolute atomic E-state index is 0.228. The molecule has 0 saturated heterocycles. The van der Waals surface area contributed by atoms with Crippen LogP contribution in [0.25, 0.3) is 0 Å². The van der Waals surface area contributed by atoms with Crippen LogP contribution in [-0.2, 0) is 5.41 Å². The zero-order chi connectivity index (χ0) is 40.8. The Bertz CT molecular complexity index is 1700. The lowest BCUT2D eigenvalue weighted by Crippen LogP contribution is -2.10. The van der Waals surface area contributed by atoms with E-state index in [9.17, 15) is 0 Å². The van der Waals surface area contributed by atoms with E-state index in [0.29, 0.717) is 23.7 Å². The molecule has 0 amide bonds. The highest BCUT2D eigenvalue weighted by atomic mass is 35.5. The van der Waals surface area contributed by atoms with E-state index < -0.39 is 0 Å². The molecular formula is C51H64ClNO. The lowest BCUT2D eigenvalue weighted by molar-refractivity contribution is 0.414. The van der Waals surface area contributed by atoms with Crippen molar-refractivity contribution in [3.63, 3.8) is 0 Å². The molecule has 5 aromatic rings. The summed E-state index contributed by atoms with van der Waals surface area (Å²) in [6.45, 7) is 26.1. The normalized spacial score (nSPS) is 10.3. The molecule has 0 heterocycles. The summed E-state index contributed by atoms with van der Waals surface area (Å²) in [4.78, 5) is 0. The quantitative estimate of drug-likeness (QED) is 0.168. The van der Waals surface area contributed by atoms with Crippen molar-refractivity contribution in [2.45, 2.75) is 112 Å². The highest BCUT2D eigenvalue weighted by Gasteiger charge is 2.12. The van der Waals surface area contributed by atoms with E-state index in [-0.39, 0.29) is 5.41 Å². The average Bonchev–Trinajstić information content (AvgIpc) is 3.16. The van der Waals surface area contributed by atoms with Crippen LogP contribution in [0.4, 0.5) is 0 Å². The summed E-state index contributed by atoms with van der Waals surface area (Å²) in [6.07, 6.45) is 5.23. The third kappa shape index (κ3) is 18.8. The monoisotopic (exact) mass is 741 g/mol. The van der Waals surface area contributed by atoms with Crippen LogP contribution in [0.3, 0.4) is 0 Å². The number of hydrogen-bond donors (Lipinski definition) is 0. The molecule has 5 aromatic carbocycles. The smallest absolute Gasteiger partial charge is 0.118 e. The Morgan fingerprint density at radius 1 is 0.537 bits per heavy atom. The Balaban J connectivity index is 0.000000338. The Kier molecular flexibility index (Phi) is 21.5. The molecule has 0 aliphatic carbocycles. The van der Waals surface area contributed by atoms with E-state index in [4.69, 9.17) is 28.0 Å². The van der Waals surface area contributed by atoms with E-state index in [1.54, 1.807) is 7.11 Å². The van der Waals surface area contributed by atoms with Crippen molar-refractivity contribution in [1.29, 1.82) is 5.26 Å². The number of nitriles is 1. The third-order valence-corrected chi connectivity index (χ3v) is 8.94. The first kappa shape index (κ1) is 47.3. The van der Waals surface area contributed by atoms with Gasteiger partial charge in [-0.3, -0.25) is 0 Å². The van der Waals surface area contributed by atoms with Gasteiger partial charge in [0.05, 0.1) is 18.7 Å². The fraction of sp³-hybridized carbons (Fsp3) is 0.353. The van der Waals surface area contributed by atoms with Gasteiger partial charge in [-0.05, 0) is 112 Å². The second-order valence-electron chi connectivity index (χ2n) is 15.6. The van der Waals surface area contributed by atoms with Gasteiger partial charge >= 0.3 is 0 Å². The van der Waals surface area contributed by atoms with Crippen molar-refractivity contribution in [3.8, 4) is 24.2 Å². The predicted octanol–water partition coefficient (Wildman–Crippen LogP) is 15.0. The number of terminal acetylenes is 1. The highest BCUT2D eigenvalue weighted by Crippen LogP contribution is 2.24. The summed E-state index contributed by atoms with van der Waals surface area (Å²) in [5, 5.41) is 9.33. The van der Waals surface area contributed by atoms with Gasteiger partial charge < -0.3 is 4.74 Å². The fourth-order valence-corrected chi connectivity index (χ4v) is 4.92. The lowest BCUT2D eigenvalue weighted by atomic mass is 9.87. The Labute approximate surface area is 334 Å². The maximum Gasteiger partial charge on any atom is 0.118 e. The molecule has 286 valence electrons. The second kappa shape index (κ2) is 24.5.